The second-order valence-corrected chi connectivity index (χ2v) is 8.60. The number of nitrogens with zero attached hydrogens (tertiary/aromatic N) is 2. The van der Waals surface area contributed by atoms with E-state index < -0.39 is 5.91 Å². The minimum atomic E-state index is -0.462. The Morgan fingerprint density at radius 3 is 2.70 bits per heavy atom. The van der Waals surface area contributed by atoms with Crippen LogP contribution in [0.15, 0.2) is 60.8 Å². The van der Waals surface area contributed by atoms with Gasteiger partial charge >= 0.3 is 0 Å². The lowest BCUT2D eigenvalue weighted by molar-refractivity contribution is -0.132. The second-order valence-electron chi connectivity index (χ2n) is 8.60. The molecule has 170 valence electrons. The van der Waals surface area contributed by atoms with Gasteiger partial charge in [0.1, 0.15) is 5.82 Å². The van der Waals surface area contributed by atoms with E-state index in [2.05, 4.69) is 4.98 Å². The van der Waals surface area contributed by atoms with Crippen molar-refractivity contribution in [3.8, 4) is 11.1 Å². The Balaban J connectivity index is 1.39. The van der Waals surface area contributed by atoms with E-state index in [-0.39, 0.29) is 17.8 Å². The van der Waals surface area contributed by atoms with E-state index in [0.29, 0.717) is 17.5 Å². The number of likely N-dealkylation sites (tertiary alicyclic amines) is 1. The van der Waals surface area contributed by atoms with Gasteiger partial charge in [-0.1, -0.05) is 30.3 Å². The van der Waals surface area contributed by atoms with Crippen molar-refractivity contribution in [1.29, 1.82) is 0 Å². The first-order valence-electron chi connectivity index (χ1n) is 11.3. The van der Waals surface area contributed by atoms with Gasteiger partial charge in [0, 0.05) is 30.3 Å². The molecule has 0 unspecified atom stereocenters. The van der Waals surface area contributed by atoms with Crippen molar-refractivity contribution in [2.45, 2.75) is 45.1 Å². The number of halogens is 1. The lowest BCUT2D eigenvalue weighted by Crippen LogP contribution is -2.30. The van der Waals surface area contributed by atoms with Gasteiger partial charge in [-0.05, 0) is 73.6 Å². The maximum absolute atomic E-state index is 13.4. The van der Waals surface area contributed by atoms with Gasteiger partial charge in [0.25, 0.3) is 0 Å². The van der Waals surface area contributed by atoms with E-state index in [4.69, 9.17) is 5.73 Å². The highest BCUT2D eigenvalue weighted by Gasteiger charge is 2.30. The highest BCUT2D eigenvalue weighted by Crippen LogP contribution is 2.32. The average molecular weight is 446 g/mol. The summed E-state index contributed by atoms with van der Waals surface area (Å²) >= 11 is 0. The molecule has 1 aromatic heterocycles. The number of hydrogen-bond donors (Lipinski definition) is 1. The standard InChI is InChI=1S/C27H28FN3O2/c1-18-15-19(10-12-23(18)28)5-2-9-26(32)31-14-4-8-25(31)24-13-11-22(17-30-24)20-6-3-7-21(16-20)27(29)33/h3,6-7,10-13,15-17,25H,2,4-5,8-9,14H2,1H3,(H2,29,33)/t25-/m1/s1. The predicted molar refractivity (Wildman–Crippen MR) is 126 cm³/mol. The summed E-state index contributed by atoms with van der Waals surface area (Å²) in [6.07, 6.45) is 5.58. The molecule has 0 radical (unpaired) electrons. The van der Waals surface area contributed by atoms with Gasteiger partial charge in [-0.2, -0.15) is 0 Å². The van der Waals surface area contributed by atoms with Crippen molar-refractivity contribution in [2.75, 3.05) is 6.54 Å². The molecule has 3 aromatic rings. The number of pyridine rings is 1. The van der Waals surface area contributed by atoms with Crippen LogP contribution in [0.5, 0.6) is 0 Å². The van der Waals surface area contributed by atoms with Crippen molar-refractivity contribution >= 4 is 11.8 Å². The summed E-state index contributed by atoms with van der Waals surface area (Å²) in [5, 5.41) is 0. The van der Waals surface area contributed by atoms with Crippen LogP contribution >= 0.6 is 0 Å². The molecule has 2 amide bonds. The predicted octanol–water partition coefficient (Wildman–Crippen LogP) is 4.98. The first kappa shape index (κ1) is 22.6. The lowest BCUT2D eigenvalue weighted by atomic mass is 10.0. The van der Waals surface area contributed by atoms with Crippen LogP contribution in [0.2, 0.25) is 0 Å². The third-order valence-corrected chi connectivity index (χ3v) is 6.26. The quantitative estimate of drug-likeness (QED) is 0.557. The highest BCUT2D eigenvalue weighted by molar-refractivity contribution is 5.94. The highest BCUT2D eigenvalue weighted by atomic mass is 19.1. The van der Waals surface area contributed by atoms with E-state index in [1.807, 2.05) is 29.2 Å². The molecule has 1 aliphatic heterocycles. The Morgan fingerprint density at radius 1 is 1.12 bits per heavy atom. The van der Waals surface area contributed by atoms with Gasteiger partial charge in [0.2, 0.25) is 11.8 Å². The van der Waals surface area contributed by atoms with Crippen LogP contribution in [0.4, 0.5) is 4.39 Å². The topological polar surface area (TPSA) is 76.3 Å². The van der Waals surface area contributed by atoms with Crippen molar-refractivity contribution in [3.05, 3.63) is 89.0 Å². The molecule has 0 bridgehead atoms. The lowest BCUT2D eigenvalue weighted by Gasteiger charge is -2.24. The summed E-state index contributed by atoms with van der Waals surface area (Å²) in [6.45, 7) is 2.49. The molecule has 2 N–H and O–H groups in total. The smallest absolute Gasteiger partial charge is 0.248 e. The summed E-state index contributed by atoms with van der Waals surface area (Å²) in [5.74, 6) is -0.527. The van der Waals surface area contributed by atoms with Gasteiger partial charge < -0.3 is 10.6 Å². The number of nitrogens with two attached hydrogens (primary N) is 1. The third kappa shape index (κ3) is 5.28. The van der Waals surface area contributed by atoms with Gasteiger partial charge in [-0.15, -0.1) is 0 Å². The SMILES string of the molecule is Cc1cc(CCCC(=O)N2CCC[C@@H]2c2ccc(-c3cccc(C(N)=O)c3)cn2)ccc1F. The molecule has 1 aliphatic rings. The summed E-state index contributed by atoms with van der Waals surface area (Å²) in [6, 6.07) is 16.2. The van der Waals surface area contributed by atoms with Gasteiger partial charge in [-0.25, -0.2) is 4.39 Å². The van der Waals surface area contributed by atoms with Crippen molar-refractivity contribution in [3.63, 3.8) is 0 Å². The number of rotatable bonds is 7. The monoisotopic (exact) mass is 445 g/mol. The van der Waals surface area contributed by atoms with Gasteiger partial charge in [0.15, 0.2) is 0 Å². The van der Waals surface area contributed by atoms with Gasteiger partial charge in [0.05, 0.1) is 11.7 Å². The van der Waals surface area contributed by atoms with E-state index in [1.165, 1.54) is 6.07 Å². The number of benzene rings is 2. The van der Waals surface area contributed by atoms with E-state index in [1.54, 1.807) is 37.4 Å². The van der Waals surface area contributed by atoms with Crippen LogP contribution in [0, 0.1) is 12.7 Å². The minimum absolute atomic E-state index is 0.0171. The van der Waals surface area contributed by atoms with Crippen molar-refractivity contribution < 1.29 is 14.0 Å². The number of carbonyl (C=O) groups excluding carboxylic acids is 2. The molecular weight excluding hydrogens is 417 g/mol. The molecule has 2 aromatic carbocycles. The Morgan fingerprint density at radius 2 is 1.97 bits per heavy atom. The summed E-state index contributed by atoms with van der Waals surface area (Å²) in [7, 11) is 0. The number of amides is 2. The zero-order chi connectivity index (χ0) is 23.4. The maximum Gasteiger partial charge on any atom is 0.248 e. The largest absolute Gasteiger partial charge is 0.366 e. The molecule has 6 heteroatoms. The van der Waals surface area contributed by atoms with Crippen LogP contribution in [-0.4, -0.2) is 28.2 Å². The zero-order valence-electron chi connectivity index (χ0n) is 18.8. The number of carbonyl (C=O) groups is 2. The Hall–Kier alpha value is -3.54. The molecule has 1 atom stereocenters. The first-order chi connectivity index (χ1) is 15.9. The average Bonchev–Trinajstić information content (AvgIpc) is 3.32. The molecule has 0 spiro atoms. The number of aromatic nitrogens is 1. The van der Waals surface area contributed by atoms with E-state index >= 15 is 0 Å². The fraction of sp³-hybridized carbons (Fsp3) is 0.296. The molecule has 1 fully saturated rings. The van der Waals surface area contributed by atoms with Crippen LogP contribution in [0.1, 0.15) is 58.9 Å². The molecule has 5 nitrogen and oxygen atoms in total. The molecule has 4 rings (SSSR count). The fourth-order valence-corrected chi connectivity index (χ4v) is 4.45. The zero-order valence-corrected chi connectivity index (χ0v) is 18.8. The van der Waals surface area contributed by atoms with Crippen molar-refractivity contribution in [2.24, 2.45) is 5.73 Å². The molecule has 1 saturated heterocycles. The molecule has 33 heavy (non-hydrogen) atoms. The maximum atomic E-state index is 13.4. The van der Waals surface area contributed by atoms with Crippen LogP contribution in [-0.2, 0) is 11.2 Å². The van der Waals surface area contributed by atoms with Crippen LogP contribution in [0.25, 0.3) is 11.1 Å². The summed E-state index contributed by atoms with van der Waals surface area (Å²) in [5.41, 5.74) is 10.2. The number of hydrogen-bond acceptors (Lipinski definition) is 3. The van der Waals surface area contributed by atoms with Crippen molar-refractivity contribution in [1.82, 2.24) is 9.88 Å². The fourth-order valence-electron chi connectivity index (χ4n) is 4.45. The Bertz CT molecular complexity index is 1160. The number of primary amides is 1. The second kappa shape index (κ2) is 9.94. The Kier molecular flexibility index (Phi) is 6.82. The molecule has 0 aliphatic carbocycles. The van der Waals surface area contributed by atoms with Gasteiger partial charge in [-0.3, -0.25) is 14.6 Å². The van der Waals surface area contributed by atoms with E-state index in [9.17, 15) is 14.0 Å². The summed E-state index contributed by atoms with van der Waals surface area (Å²) in [4.78, 5) is 31.0. The first-order valence-corrected chi connectivity index (χ1v) is 11.3. The van der Waals surface area contributed by atoms with Crippen LogP contribution < -0.4 is 5.73 Å². The molecule has 0 saturated carbocycles. The molecular formula is C27H28FN3O2. The Labute approximate surface area is 193 Å². The number of aryl methyl sites for hydroxylation is 2. The molecule has 2 heterocycles. The van der Waals surface area contributed by atoms with E-state index in [0.717, 1.165) is 54.6 Å². The minimum Gasteiger partial charge on any atom is -0.366 e. The summed E-state index contributed by atoms with van der Waals surface area (Å²) < 4.78 is 13.4. The van der Waals surface area contributed by atoms with Crippen LogP contribution in [0.3, 0.4) is 0 Å². The normalized spacial score (nSPS) is 15.6. The third-order valence-electron chi connectivity index (χ3n) is 6.26.